The van der Waals surface area contributed by atoms with Crippen LogP contribution in [0, 0.1) is 0 Å². The summed E-state index contributed by atoms with van der Waals surface area (Å²) in [7, 11) is 1.57. The first-order chi connectivity index (χ1) is 9.69. The van der Waals surface area contributed by atoms with Gasteiger partial charge in [0.05, 0.1) is 7.11 Å². The Morgan fingerprint density at radius 3 is 2.90 bits per heavy atom. The topological polar surface area (TPSA) is 55.6 Å². The van der Waals surface area contributed by atoms with E-state index in [-0.39, 0.29) is 5.91 Å². The first kappa shape index (κ1) is 14.7. The van der Waals surface area contributed by atoms with Crippen LogP contribution in [0.5, 0.6) is 5.75 Å². The van der Waals surface area contributed by atoms with Crippen LogP contribution in [0.1, 0.15) is 49.4 Å². The Bertz CT molecular complexity index is 474. The van der Waals surface area contributed by atoms with Crippen molar-refractivity contribution in [2.75, 3.05) is 19.4 Å². The highest BCUT2D eigenvalue weighted by atomic mass is 16.5. The van der Waals surface area contributed by atoms with Gasteiger partial charge in [-0.3, -0.25) is 4.79 Å². The Hall–Kier alpha value is -1.71. The first-order valence-electron chi connectivity index (χ1n) is 7.42. The smallest absolute Gasteiger partial charge is 0.259 e. The minimum absolute atomic E-state index is 0.00806. The molecule has 110 valence electrons. The predicted molar refractivity (Wildman–Crippen MR) is 81.0 cm³/mol. The van der Waals surface area contributed by atoms with E-state index in [0.717, 1.165) is 25.8 Å². The molecule has 4 heteroatoms. The van der Waals surface area contributed by atoms with Crippen LogP contribution in [0.15, 0.2) is 18.2 Å². The molecule has 1 fully saturated rings. The molecule has 0 spiro atoms. The van der Waals surface area contributed by atoms with Crippen molar-refractivity contribution in [3.05, 3.63) is 23.8 Å². The number of nitrogen functional groups attached to an aromatic ring is 1. The van der Waals surface area contributed by atoms with Crippen molar-refractivity contribution in [3.63, 3.8) is 0 Å². The molecule has 0 radical (unpaired) electrons. The predicted octanol–water partition coefficient (Wildman–Crippen LogP) is 3.07. The largest absolute Gasteiger partial charge is 0.496 e. The Morgan fingerprint density at radius 2 is 2.20 bits per heavy atom. The lowest BCUT2D eigenvalue weighted by molar-refractivity contribution is 0.0676. The molecule has 1 aromatic carbocycles. The van der Waals surface area contributed by atoms with Gasteiger partial charge in [0.1, 0.15) is 11.3 Å². The van der Waals surface area contributed by atoms with Gasteiger partial charge in [-0.1, -0.05) is 25.8 Å². The zero-order valence-electron chi connectivity index (χ0n) is 12.4. The summed E-state index contributed by atoms with van der Waals surface area (Å²) in [4.78, 5) is 14.9. The summed E-state index contributed by atoms with van der Waals surface area (Å²) in [5, 5.41) is 0. The summed E-state index contributed by atoms with van der Waals surface area (Å²) < 4.78 is 5.31. The van der Waals surface area contributed by atoms with Crippen LogP contribution in [0.2, 0.25) is 0 Å². The highest BCUT2D eigenvalue weighted by Crippen LogP contribution is 2.29. The lowest BCUT2D eigenvalue weighted by Gasteiger charge is -2.30. The van der Waals surface area contributed by atoms with Crippen molar-refractivity contribution in [1.29, 1.82) is 0 Å². The first-order valence-corrected chi connectivity index (χ1v) is 7.42. The van der Waals surface area contributed by atoms with Crippen LogP contribution >= 0.6 is 0 Å². The van der Waals surface area contributed by atoms with E-state index in [1.807, 2.05) is 11.0 Å². The summed E-state index contributed by atoms with van der Waals surface area (Å²) >= 11 is 0. The Morgan fingerprint density at radius 1 is 1.40 bits per heavy atom. The number of methoxy groups -OCH3 is 1. The van der Waals surface area contributed by atoms with E-state index in [2.05, 4.69) is 6.92 Å². The Labute approximate surface area is 120 Å². The van der Waals surface area contributed by atoms with Crippen molar-refractivity contribution in [3.8, 4) is 5.75 Å². The number of carbonyl (C=O) groups is 1. The number of rotatable bonds is 3. The zero-order valence-corrected chi connectivity index (χ0v) is 12.4. The molecule has 1 saturated heterocycles. The number of ether oxygens (including phenoxy) is 1. The van der Waals surface area contributed by atoms with Gasteiger partial charge in [-0.15, -0.1) is 0 Å². The third-order valence-electron chi connectivity index (χ3n) is 4.10. The molecule has 4 nitrogen and oxygen atoms in total. The van der Waals surface area contributed by atoms with Gasteiger partial charge in [-0.05, 0) is 31.4 Å². The summed E-state index contributed by atoms with van der Waals surface area (Å²) in [5.41, 5.74) is 7.01. The van der Waals surface area contributed by atoms with Crippen LogP contribution < -0.4 is 10.5 Å². The van der Waals surface area contributed by atoms with E-state index in [4.69, 9.17) is 10.5 Å². The molecular weight excluding hydrogens is 252 g/mol. The van der Waals surface area contributed by atoms with E-state index in [9.17, 15) is 4.79 Å². The maximum absolute atomic E-state index is 12.9. The highest BCUT2D eigenvalue weighted by molar-refractivity contribution is 6.02. The minimum Gasteiger partial charge on any atom is -0.496 e. The van der Waals surface area contributed by atoms with Crippen LogP contribution in [-0.2, 0) is 0 Å². The van der Waals surface area contributed by atoms with Crippen molar-refractivity contribution < 1.29 is 9.53 Å². The van der Waals surface area contributed by atoms with E-state index in [0.29, 0.717) is 23.0 Å². The molecule has 0 bridgehead atoms. The number of anilines is 1. The molecule has 1 aromatic rings. The Balaban J connectivity index is 2.33. The molecule has 2 N–H and O–H groups in total. The van der Waals surface area contributed by atoms with Crippen molar-refractivity contribution in [2.24, 2.45) is 0 Å². The van der Waals surface area contributed by atoms with Gasteiger partial charge in [0, 0.05) is 18.3 Å². The van der Waals surface area contributed by atoms with Crippen LogP contribution in [0.3, 0.4) is 0 Å². The van der Waals surface area contributed by atoms with Crippen molar-refractivity contribution in [1.82, 2.24) is 4.90 Å². The molecule has 1 unspecified atom stereocenters. The highest BCUT2D eigenvalue weighted by Gasteiger charge is 2.28. The fraction of sp³-hybridized carbons (Fsp3) is 0.562. The summed E-state index contributed by atoms with van der Waals surface area (Å²) in [6.07, 6.45) is 5.53. The summed E-state index contributed by atoms with van der Waals surface area (Å²) in [5.74, 6) is 0.572. The minimum atomic E-state index is 0.00806. The van der Waals surface area contributed by atoms with Gasteiger partial charge in [0.2, 0.25) is 0 Å². The Kier molecular flexibility index (Phi) is 4.88. The molecule has 0 aliphatic carbocycles. The number of nitrogens with two attached hydrogens (primary N) is 1. The van der Waals surface area contributed by atoms with Gasteiger partial charge in [0.25, 0.3) is 5.91 Å². The quantitative estimate of drug-likeness (QED) is 0.863. The fourth-order valence-corrected chi connectivity index (χ4v) is 2.96. The molecule has 0 aromatic heterocycles. The van der Waals surface area contributed by atoms with Gasteiger partial charge < -0.3 is 15.4 Å². The molecule has 1 atom stereocenters. The van der Waals surface area contributed by atoms with Crippen LogP contribution in [0.4, 0.5) is 5.69 Å². The average Bonchev–Trinajstić information content (AvgIpc) is 2.71. The van der Waals surface area contributed by atoms with Crippen LogP contribution in [0.25, 0.3) is 0 Å². The number of nitrogens with zero attached hydrogens (tertiary/aromatic N) is 1. The number of carbonyl (C=O) groups excluding carboxylic acids is 1. The van der Waals surface area contributed by atoms with Crippen molar-refractivity contribution in [2.45, 2.75) is 45.1 Å². The molecule has 0 saturated carbocycles. The molecule has 2 rings (SSSR count). The number of hydrogen-bond donors (Lipinski definition) is 1. The van der Waals surface area contributed by atoms with E-state index in [1.54, 1.807) is 19.2 Å². The maximum atomic E-state index is 12.9. The zero-order chi connectivity index (χ0) is 14.5. The molecule has 1 aliphatic rings. The van der Waals surface area contributed by atoms with Crippen LogP contribution in [-0.4, -0.2) is 30.5 Å². The van der Waals surface area contributed by atoms with E-state index >= 15 is 0 Å². The lowest BCUT2D eigenvalue weighted by atomic mass is 10.1. The molecule has 1 heterocycles. The lowest BCUT2D eigenvalue weighted by Crippen LogP contribution is -2.40. The number of likely N-dealkylation sites (tertiary alicyclic amines) is 1. The molecular formula is C16H24N2O2. The van der Waals surface area contributed by atoms with E-state index < -0.39 is 0 Å². The third-order valence-corrected chi connectivity index (χ3v) is 4.10. The van der Waals surface area contributed by atoms with E-state index in [1.165, 1.54) is 12.8 Å². The summed E-state index contributed by atoms with van der Waals surface area (Å²) in [6, 6.07) is 5.68. The number of benzene rings is 1. The fourth-order valence-electron chi connectivity index (χ4n) is 2.96. The van der Waals surface area contributed by atoms with Gasteiger partial charge in [0.15, 0.2) is 0 Å². The van der Waals surface area contributed by atoms with Gasteiger partial charge in [-0.25, -0.2) is 0 Å². The maximum Gasteiger partial charge on any atom is 0.259 e. The monoisotopic (exact) mass is 276 g/mol. The molecule has 1 aliphatic heterocycles. The number of hydrogen-bond acceptors (Lipinski definition) is 3. The van der Waals surface area contributed by atoms with Gasteiger partial charge >= 0.3 is 0 Å². The number of amides is 1. The second-order valence-electron chi connectivity index (χ2n) is 5.33. The van der Waals surface area contributed by atoms with Crippen molar-refractivity contribution >= 4 is 11.6 Å². The third kappa shape index (κ3) is 2.89. The standard InChI is InChI=1S/C16H24N2O2/c1-3-12-8-5-4-6-11-18(12)16(19)15-13(17)9-7-10-14(15)20-2/h7,9-10,12H,3-6,8,11,17H2,1-2H3. The molecule has 1 amide bonds. The second kappa shape index (κ2) is 6.64. The SMILES string of the molecule is CCC1CCCCCN1C(=O)c1c(N)cccc1OC. The van der Waals surface area contributed by atoms with Gasteiger partial charge in [-0.2, -0.15) is 0 Å². The molecule has 20 heavy (non-hydrogen) atoms. The average molecular weight is 276 g/mol. The summed E-state index contributed by atoms with van der Waals surface area (Å²) in [6.45, 7) is 2.96. The second-order valence-corrected chi connectivity index (χ2v) is 5.33. The normalized spacial score (nSPS) is 19.5.